The SMILES string of the molecule is O=C(NCc1nn[nH]n1)c1ccc(CBr)cc1. The van der Waals surface area contributed by atoms with Crippen LogP contribution in [0.15, 0.2) is 24.3 Å². The highest BCUT2D eigenvalue weighted by molar-refractivity contribution is 9.08. The van der Waals surface area contributed by atoms with Crippen molar-refractivity contribution < 1.29 is 4.79 Å². The summed E-state index contributed by atoms with van der Waals surface area (Å²) in [4.78, 5) is 11.7. The van der Waals surface area contributed by atoms with Crippen molar-refractivity contribution in [3.63, 3.8) is 0 Å². The molecule has 2 N–H and O–H groups in total. The first-order valence-electron chi connectivity index (χ1n) is 4.95. The van der Waals surface area contributed by atoms with Crippen LogP contribution in [0, 0.1) is 0 Å². The molecule has 0 radical (unpaired) electrons. The Balaban J connectivity index is 1.95. The van der Waals surface area contributed by atoms with E-state index in [0.717, 1.165) is 10.9 Å². The Kier molecular flexibility index (Phi) is 3.81. The third-order valence-electron chi connectivity index (χ3n) is 2.17. The largest absolute Gasteiger partial charge is 0.345 e. The van der Waals surface area contributed by atoms with E-state index >= 15 is 0 Å². The predicted octanol–water partition coefficient (Wildman–Crippen LogP) is 1.02. The number of aromatic nitrogens is 4. The minimum Gasteiger partial charge on any atom is -0.345 e. The molecular formula is C10H10BrN5O. The zero-order valence-corrected chi connectivity index (χ0v) is 10.4. The third kappa shape index (κ3) is 3.10. The molecule has 0 aliphatic rings. The fraction of sp³-hybridized carbons (Fsp3) is 0.200. The predicted molar refractivity (Wildman–Crippen MR) is 64.4 cm³/mol. The van der Waals surface area contributed by atoms with Crippen LogP contribution in [0.3, 0.4) is 0 Å². The lowest BCUT2D eigenvalue weighted by Gasteiger charge is -2.03. The van der Waals surface area contributed by atoms with Crippen molar-refractivity contribution in [2.45, 2.75) is 11.9 Å². The average molecular weight is 296 g/mol. The molecule has 1 aromatic heterocycles. The van der Waals surface area contributed by atoms with Crippen LogP contribution in [-0.4, -0.2) is 26.5 Å². The first-order valence-corrected chi connectivity index (χ1v) is 6.07. The van der Waals surface area contributed by atoms with Crippen LogP contribution < -0.4 is 5.32 Å². The van der Waals surface area contributed by atoms with Gasteiger partial charge in [0.15, 0.2) is 5.82 Å². The summed E-state index contributed by atoms with van der Waals surface area (Å²) in [5.74, 6) is 0.298. The van der Waals surface area contributed by atoms with Gasteiger partial charge in [-0.3, -0.25) is 4.79 Å². The lowest BCUT2D eigenvalue weighted by Crippen LogP contribution is -2.23. The van der Waals surface area contributed by atoms with Gasteiger partial charge in [-0.05, 0) is 17.7 Å². The molecule has 2 rings (SSSR count). The number of hydrogen-bond acceptors (Lipinski definition) is 4. The number of halogens is 1. The zero-order valence-electron chi connectivity index (χ0n) is 8.85. The zero-order chi connectivity index (χ0) is 12.1. The molecule has 0 bridgehead atoms. The van der Waals surface area contributed by atoms with Gasteiger partial charge < -0.3 is 5.32 Å². The molecule has 17 heavy (non-hydrogen) atoms. The second-order valence-electron chi connectivity index (χ2n) is 3.34. The molecule has 0 fully saturated rings. The number of benzene rings is 1. The van der Waals surface area contributed by atoms with Crippen molar-refractivity contribution in [1.29, 1.82) is 0 Å². The van der Waals surface area contributed by atoms with Crippen molar-refractivity contribution in [2.75, 3.05) is 0 Å². The van der Waals surface area contributed by atoms with Gasteiger partial charge in [-0.25, -0.2) is 0 Å². The standard InChI is InChI=1S/C10H10BrN5O/c11-5-7-1-3-8(4-2-7)10(17)12-6-9-13-15-16-14-9/h1-4H,5-6H2,(H,12,17)(H,13,14,15,16). The second-order valence-corrected chi connectivity index (χ2v) is 3.90. The van der Waals surface area contributed by atoms with Crippen molar-refractivity contribution in [1.82, 2.24) is 25.9 Å². The van der Waals surface area contributed by atoms with Crippen LogP contribution in [0.2, 0.25) is 0 Å². The normalized spacial score (nSPS) is 10.2. The Morgan fingerprint density at radius 2 is 2.12 bits per heavy atom. The van der Waals surface area contributed by atoms with Crippen LogP contribution in [0.25, 0.3) is 0 Å². The maximum atomic E-state index is 11.7. The van der Waals surface area contributed by atoms with Gasteiger partial charge in [0.05, 0.1) is 6.54 Å². The summed E-state index contributed by atoms with van der Waals surface area (Å²) < 4.78 is 0. The molecule has 1 heterocycles. The lowest BCUT2D eigenvalue weighted by atomic mass is 10.1. The molecule has 0 aliphatic carbocycles. The van der Waals surface area contributed by atoms with Crippen LogP contribution in [0.1, 0.15) is 21.7 Å². The molecule has 88 valence electrons. The number of amides is 1. The summed E-state index contributed by atoms with van der Waals surface area (Å²) in [6.07, 6.45) is 0. The summed E-state index contributed by atoms with van der Waals surface area (Å²) in [5, 5.41) is 16.7. The van der Waals surface area contributed by atoms with Crippen LogP contribution in [0.5, 0.6) is 0 Å². The van der Waals surface area contributed by atoms with E-state index in [1.807, 2.05) is 12.1 Å². The van der Waals surface area contributed by atoms with Gasteiger partial charge in [-0.1, -0.05) is 33.3 Å². The highest BCUT2D eigenvalue weighted by Crippen LogP contribution is 2.07. The quantitative estimate of drug-likeness (QED) is 0.825. The average Bonchev–Trinajstić information content (AvgIpc) is 2.89. The molecule has 0 saturated carbocycles. The summed E-state index contributed by atoms with van der Waals surface area (Å²) in [6, 6.07) is 7.36. The third-order valence-corrected chi connectivity index (χ3v) is 2.81. The number of carbonyl (C=O) groups is 1. The Morgan fingerprint density at radius 3 is 2.71 bits per heavy atom. The van der Waals surface area contributed by atoms with Gasteiger partial charge in [0.2, 0.25) is 0 Å². The van der Waals surface area contributed by atoms with Gasteiger partial charge >= 0.3 is 0 Å². The molecule has 0 unspecified atom stereocenters. The lowest BCUT2D eigenvalue weighted by molar-refractivity contribution is 0.0950. The van der Waals surface area contributed by atoms with Gasteiger partial charge in [0.25, 0.3) is 5.91 Å². The second kappa shape index (κ2) is 5.53. The van der Waals surface area contributed by atoms with E-state index in [0.29, 0.717) is 11.4 Å². The van der Waals surface area contributed by atoms with Crippen molar-refractivity contribution in [2.24, 2.45) is 0 Å². The Bertz CT molecular complexity index is 482. The fourth-order valence-electron chi connectivity index (χ4n) is 1.26. The number of H-pyrrole nitrogens is 1. The molecule has 1 amide bonds. The number of nitrogens with one attached hydrogen (secondary N) is 2. The summed E-state index contributed by atoms with van der Waals surface area (Å²) in [5.41, 5.74) is 1.73. The monoisotopic (exact) mass is 295 g/mol. The van der Waals surface area contributed by atoms with Crippen molar-refractivity contribution in [3.8, 4) is 0 Å². The number of alkyl halides is 1. The van der Waals surface area contributed by atoms with Gasteiger partial charge in [-0.15, -0.1) is 10.2 Å². The Hall–Kier alpha value is -1.76. The number of nitrogens with zero attached hydrogens (tertiary/aromatic N) is 3. The fourth-order valence-corrected chi connectivity index (χ4v) is 1.64. The maximum Gasteiger partial charge on any atom is 0.251 e. The Morgan fingerprint density at radius 1 is 1.35 bits per heavy atom. The highest BCUT2D eigenvalue weighted by Gasteiger charge is 2.06. The molecule has 7 heteroatoms. The Labute approximate surface area is 106 Å². The number of aromatic amines is 1. The minimum absolute atomic E-state index is 0.157. The number of carbonyl (C=O) groups excluding carboxylic acids is 1. The molecule has 0 spiro atoms. The van der Waals surface area contributed by atoms with E-state index in [1.54, 1.807) is 12.1 Å². The molecular weight excluding hydrogens is 286 g/mol. The van der Waals surface area contributed by atoms with E-state index in [1.165, 1.54) is 0 Å². The smallest absolute Gasteiger partial charge is 0.251 e. The highest BCUT2D eigenvalue weighted by atomic mass is 79.9. The van der Waals surface area contributed by atoms with Crippen LogP contribution in [0.4, 0.5) is 0 Å². The molecule has 0 saturated heterocycles. The van der Waals surface area contributed by atoms with Crippen LogP contribution >= 0.6 is 15.9 Å². The molecule has 6 nitrogen and oxygen atoms in total. The molecule has 1 aromatic carbocycles. The van der Waals surface area contributed by atoms with E-state index < -0.39 is 0 Å². The van der Waals surface area contributed by atoms with Crippen molar-refractivity contribution >= 4 is 21.8 Å². The molecule has 0 atom stereocenters. The minimum atomic E-state index is -0.157. The number of rotatable bonds is 4. The first kappa shape index (κ1) is 11.7. The summed E-state index contributed by atoms with van der Waals surface area (Å²) in [7, 11) is 0. The van der Waals surface area contributed by atoms with Crippen LogP contribution in [-0.2, 0) is 11.9 Å². The first-order chi connectivity index (χ1) is 8.29. The van der Waals surface area contributed by atoms with Gasteiger partial charge in [0.1, 0.15) is 0 Å². The number of tetrazole rings is 1. The van der Waals surface area contributed by atoms with Crippen molar-refractivity contribution in [3.05, 3.63) is 41.2 Å². The topological polar surface area (TPSA) is 83.6 Å². The van der Waals surface area contributed by atoms with E-state index in [-0.39, 0.29) is 12.5 Å². The van der Waals surface area contributed by atoms with Gasteiger partial charge in [0, 0.05) is 10.9 Å². The molecule has 2 aromatic rings. The summed E-state index contributed by atoms with van der Waals surface area (Å²) >= 11 is 3.35. The maximum absolute atomic E-state index is 11.7. The summed E-state index contributed by atoms with van der Waals surface area (Å²) in [6.45, 7) is 0.259. The number of hydrogen-bond donors (Lipinski definition) is 2. The van der Waals surface area contributed by atoms with Gasteiger partial charge in [-0.2, -0.15) is 5.21 Å². The van der Waals surface area contributed by atoms with E-state index in [4.69, 9.17) is 0 Å². The van der Waals surface area contributed by atoms with E-state index in [9.17, 15) is 4.79 Å². The van der Waals surface area contributed by atoms with E-state index in [2.05, 4.69) is 41.9 Å². The molecule has 0 aliphatic heterocycles.